The van der Waals surface area contributed by atoms with Crippen LogP contribution in [0.2, 0.25) is 0 Å². The Kier molecular flexibility index (Phi) is 5.74. The number of rotatable bonds is 5. The molecular weight excluding hydrogens is 294 g/mol. The van der Waals surface area contributed by atoms with Crippen LogP contribution in [-0.4, -0.2) is 66.1 Å². The van der Waals surface area contributed by atoms with E-state index in [0.717, 1.165) is 29.9 Å². The van der Waals surface area contributed by atoms with E-state index in [-0.39, 0.29) is 12.3 Å². The van der Waals surface area contributed by atoms with Crippen molar-refractivity contribution in [2.45, 2.75) is 26.3 Å². The average molecular weight is 319 g/mol. The van der Waals surface area contributed by atoms with Gasteiger partial charge < -0.3 is 15.3 Å². The van der Waals surface area contributed by atoms with Crippen LogP contribution in [0.4, 0.5) is 5.69 Å². The number of carbonyl (C=O) groups is 2. The van der Waals surface area contributed by atoms with Crippen molar-refractivity contribution in [1.29, 1.82) is 0 Å². The summed E-state index contributed by atoms with van der Waals surface area (Å²) >= 11 is 0. The highest BCUT2D eigenvalue weighted by Gasteiger charge is 2.30. The van der Waals surface area contributed by atoms with Gasteiger partial charge in [-0.15, -0.1) is 0 Å². The van der Waals surface area contributed by atoms with Gasteiger partial charge in [-0.1, -0.05) is 18.2 Å². The third-order valence-corrected chi connectivity index (χ3v) is 4.39. The third kappa shape index (κ3) is 4.53. The van der Waals surface area contributed by atoms with Crippen LogP contribution in [0.1, 0.15) is 17.5 Å². The number of aliphatic carboxylic acids is 1. The van der Waals surface area contributed by atoms with E-state index in [1.807, 2.05) is 44.0 Å². The molecule has 1 saturated heterocycles. The summed E-state index contributed by atoms with van der Waals surface area (Å²) < 4.78 is 0. The topological polar surface area (TPSA) is 72.9 Å². The van der Waals surface area contributed by atoms with Crippen LogP contribution in [0.15, 0.2) is 18.2 Å². The Morgan fingerprint density at radius 2 is 1.74 bits per heavy atom. The Labute approximate surface area is 137 Å². The van der Waals surface area contributed by atoms with Crippen molar-refractivity contribution in [3.8, 4) is 0 Å². The number of carboxylic acids is 1. The summed E-state index contributed by atoms with van der Waals surface area (Å²) in [5.41, 5.74) is 2.73. The number of benzene rings is 1. The molecule has 126 valence electrons. The van der Waals surface area contributed by atoms with Gasteiger partial charge in [-0.3, -0.25) is 14.5 Å². The number of nitrogens with zero attached hydrogens (tertiary/aromatic N) is 2. The fraction of sp³-hybridized carbons (Fsp3) is 0.529. The number of carboxylic acid groups (broad SMARTS) is 1. The van der Waals surface area contributed by atoms with Gasteiger partial charge in [0.25, 0.3) is 0 Å². The van der Waals surface area contributed by atoms with Gasteiger partial charge >= 0.3 is 5.97 Å². The fourth-order valence-corrected chi connectivity index (χ4v) is 2.88. The van der Waals surface area contributed by atoms with Gasteiger partial charge in [-0.25, -0.2) is 0 Å². The first-order valence-corrected chi connectivity index (χ1v) is 7.90. The van der Waals surface area contributed by atoms with Gasteiger partial charge in [-0.2, -0.15) is 0 Å². The Morgan fingerprint density at radius 3 is 2.26 bits per heavy atom. The third-order valence-electron chi connectivity index (χ3n) is 4.39. The maximum atomic E-state index is 12.3. The number of hydrogen-bond donors (Lipinski definition) is 2. The molecule has 0 spiro atoms. The Balaban J connectivity index is 2.02. The predicted octanol–water partition coefficient (Wildman–Crippen LogP) is 1.33. The molecule has 1 heterocycles. The van der Waals surface area contributed by atoms with Crippen LogP contribution in [0, 0.1) is 13.8 Å². The number of piperazine rings is 1. The molecule has 1 aromatic rings. The van der Waals surface area contributed by atoms with E-state index in [0.29, 0.717) is 13.1 Å². The second kappa shape index (κ2) is 7.57. The molecule has 1 aromatic carbocycles. The SMILES string of the molecule is Cc1cccc(C)c1NC(=O)CC(C(=O)O)N1CCN(C)CC1. The van der Waals surface area contributed by atoms with E-state index in [9.17, 15) is 14.7 Å². The molecule has 1 fully saturated rings. The van der Waals surface area contributed by atoms with Crippen molar-refractivity contribution in [2.75, 3.05) is 38.5 Å². The Morgan fingerprint density at radius 1 is 1.17 bits per heavy atom. The lowest BCUT2D eigenvalue weighted by Crippen LogP contribution is -2.52. The first-order valence-electron chi connectivity index (χ1n) is 7.90. The molecular formula is C17H25N3O3. The number of carbonyl (C=O) groups excluding carboxylic acids is 1. The summed E-state index contributed by atoms with van der Waals surface area (Å²) in [7, 11) is 2.01. The lowest BCUT2D eigenvalue weighted by atomic mass is 10.1. The molecule has 6 nitrogen and oxygen atoms in total. The van der Waals surface area contributed by atoms with Gasteiger partial charge in [0.2, 0.25) is 5.91 Å². The minimum Gasteiger partial charge on any atom is -0.480 e. The number of likely N-dealkylation sites (N-methyl/N-ethyl adjacent to an activating group) is 1. The maximum Gasteiger partial charge on any atom is 0.321 e. The number of nitrogens with one attached hydrogen (secondary N) is 1. The van der Waals surface area contributed by atoms with Crippen LogP contribution in [0.3, 0.4) is 0 Å². The smallest absolute Gasteiger partial charge is 0.321 e. The molecule has 0 aromatic heterocycles. The summed E-state index contributed by atoms with van der Waals surface area (Å²) in [4.78, 5) is 27.9. The van der Waals surface area contributed by atoms with Gasteiger partial charge in [0.1, 0.15) is 6.04 Å². The summed E-state index contributed by atoms with van der Waals surface area (Å²) in [6.45, 7) is 6.84. The zero-order valence-corrected chi connectivity index (χ0v) is 14.0. The zero-order chi connectivity index (χ0) is 17.0. The molecule has 1 amide bonds. The molecule has 6 heteroatoms. The van der Waals surface area contributed by atoms with E-state index in [2.05, 4.69) is 10.2 Å². The quantitative estimate of drug-likeness (QED) is 0.857. The van der Waals surface area contributed by atoms with Crippen LogP contribution >= 0.6 is 0 Å². The van der Waals surface area contributed by atoms with Crippen molar-refractivity contribution in [3.63, 3.8) is 0 Å². The molecule has 0 bridgehead atoms. The van der Waals surface area contributed by atoms with Crippen LogP contribution < -0.4 is 5.32 Å². The first-order chi connectivity index (χ1) is 10.9. The standard InChI is InChI=1S/C17H25N3O3/c1-12-5-4-6-13(2)16(12)18-15(21)11-14(17(22)23)20-9-7-19(3)8-10-20/h4-6,14H,7-11H2,1-3H3,(H,18,21)(H,22,23). The van der Waals surface area contributed by atoms with Crippen LogP contribution in [0.5, 0.6) is 0 Å². The van der Waals surface area contributed by atoms with Gasteiger partial charge in [-0.05, 0) is 32.0 Å². The van der Waals surface area contributed by atoms with Crippen molar-refractivity contribution in [3.05, 3.63) is 29.3 Å². The van der Waals surface area contributed by atoms with Gasteiger partial charge in [0.05, 0.1) is 6.42 Å². The van der Waals surface area contributed by atoms with E-state index >= 15 is 0 Å². The molecule has 1 aliphatic rings. The Hall–Kier alpha value is -1.92. The van der Waals surface area contributed by atoms with Gasteiger partial charge in [0, 0.05) is 31.9 Å². The van der Waals surface area contributed by atoms with E-state index < -0.39 is 12.0 Å². The number of amides is 1. The summed E-state index contributed by atoms with van der Waals surface area (Å²) in [6.07, 6.45) is -0.0349. The van der Waals surface area contributed by atoms with Crippen molar-refractivity contribution < 1.29 is 14.7 Å². The minimum atomic E-state index is -0.939. The lowest BCUT2D eigenvalue weighted by Gasteiger charge is -2.35. The molecule has 1 unspecified atom stereocenters. The monoisotopic (exact) mass is 319 g/mol. The average Bonchev–Trinajstić information content (AvgIpc) is 2.49. The van der Waals surface area contributed by atoms with Crippen molar-refractivity contribution in [1.82, 2.24) is 9.80 Å². The van der Waals surface area contributed by atoms with E-state index in [1.165, 1.54) is 0 Å². The number of anilines is 1. The molecule has 0 radical (unpaired) electrons. The number of hydrogen-bond acceptors (Lipinski definition) is 4. The van der Waals surface area contributed by atoms with Crippen molar-refractivity contribution in [2.24, 2.45) is 0 Å². The minimum absolute atomic E-state index is 0.0349. The fourth-order valence-electron chi connectivity index (χ4n) is 2.88. The molecule has 2 N–H and O–H groups in total. The first kappa shape index (κ1) is 17.4. The second-order valence-corrected chi connectivity index (χ2v) is 6.21. The summed E-state index contributed by atoms with van der Waals surface area (Å²) in [5, 5.41) is 12.4. The van der Waals surface area contributed by atoms with E-state index in [1.54, 1.807) is 0 Å². The second-order valence-electron chi connectivity index (χ2n) is 6.21. The molecule has 1 atom stereocenters. The molecule has 0 saturated carbocycles. The zero-order valence-electron chi connectivity index (χ0n) is 14.0. The highest BCUT2D eigenvalue weighted by atomic mass is 16.4. The normalized spacial score (nSPS) is 17.7. The molecule has 1 aliphatic heterocycles. The van der Waals surface area contributed by atoms with E-state index in [4.69, 9.17) is 0 Å². The molecule has 23 heavy (non-hydrogen) atoms. The molecule has 0 aliphatic carbocycles. The maximum absolute atomic E-state index is 12.3. The van der Waals surface area contributed by atoms with Crippen LogP contribution in [0.25, 0.3) is 0 Å². The lowest BCUT2D eigenvalue weighted by molar-refractivity contribution is -0.145. The van der Waals surface area contributed by atoms with Crippen molar-refractivity contribution >= 4 is 17.6 Å². The summed E-state index contributed by atoms with van der Waals surface area (Å²) in [5.74, 6) is -1.19. The number of para-hydroxylation sites is 1. The Bertz CT molecular complexity index is 560. The number of aryl methyl sites for hydroxylation is 2. The highest BCUT2D eigenvalue weighted by Crippen LogP contribution is 2.20. The highest BCUT2D eigenvalue weighted by molar-refractivity contribution is 5.95. The largest absolute Gasteiger partial charge is 0.480 e. The predicted molar refractivity (Wildman–Crippen MR) is 89.7 cm³/mol. The summed E-state index contributed by atoms with van der Waals surface area (Å²) in [6, 6.07) is 5.02. The molecule has 2 rings (SSSR count). The van der Waals surface area contributed by atoms with Gasteiger partial charge in [0.15, 0.2) is 0 Å². The van der Waals surface area contributed by atoms with Crippen LogP contribution in [-0.2, 0) is 9.59 Å².